The van der Waals surface area contributed by atoms with Gasteiger partial charge in [0.1, 0.15) is 0 Å². The first-order valence-corrected chi connectivity index (χ1v) is 6.01. The third kappa shape index (κ3) is 3.11. The molecular formula is C11H16FNOS. The molecule has 0 saturated carbocycles. The van der Waals surface area contributed by atoms with Crippen LogP contribution in [-0.4, -0.2) is 18.6 Å². The molecule has 0 aliphatic rings. The Morgan fingerprint density at radius 1 is 1.53 bits per heavy atom. The Bertz CT molecular complexity index is 319. The summed E-state index contributed by atoms with van der Waals surface area (Å²) in [6.07, 6.45) is 0. The highest BCUT2D eigenvalue weighted by atomic mass is 32.2. The van der Waals surface area contributed by atoms with Gasteiger partial charge in [0.05, 0.1) is 7.11 Å². The topological polar surface area (TPSA) is 35.2 Å². The molecule has 0 aliphatic heterocycles. The highest BCUT2D eigenvalue weighted by molar-refractivity contribution is 7.99. The van der Waals surface area contributed by atoms with Gasteiger partial charge in [-0.25, -0.2) is 4.39 Å². The van der Waals surface area contributed by atoms with Crippen molar-refractivity contribution in [3.8, 4) is 5.75 Å². The first-order chi connectivity index (χ1) is 7.20. The van der Waals surface area contributed by atoms with Crippen LogP contribution in [0.2, 0.25) is 0 Å². The van der Waals surface area contributed by atoms with Crippen LogP contribution in [0, 0.1) is 5.82 Å². The zero-order valence-corrected chi connectivity index (χ0v) is 9.81. The van der Waals surface area contributed by atoms with Gasteiger partial charge in [0, 0.05) is 17.4 Å². The zero-order chi connectivity index (χ0) is 11.3. The van der Waals surface area contributed by atoms with E-state index in [9.17, 15) is 4.39 Å². The highest BCUT2D eigenvalue weighted by Crippen LogP contribution is 2.25. The van der Waals surface area contributed by atoms with Gasteiger partial charge >= 0.3 is 0 Å². The van der Waals surface area contributed by atoms with E-state index in [0.717, 1.165) is 11.5 Å². The van der Waals surface area contributed by atoms with Gasteiger partial charge in [-0.1, -0.05) is 19.1 Å². The average Bonchev–Trinajstić information content (AvgIpc) is 2.26. The van der Waals surface area contributed by atoms with Crippen LogP contribution in [0.15, 0.2) is 18.2 Å². The van der Waals surface area contributed by atoms with Crippen molar-refractivity contribution in [3.63, 3.8) is 0 Å². The van der Waals surface area contributed by atoms with Crippen LogP contribution in [0.3, 0.4) is 0 Å². The number of halogens is 1. The molecule has 4 heteroatoms. The van der Waals surface area contributed by atoms with E-state index in [1.807, 2.05) is 0 Å². The van der Waals surface area contributed by atoms with E-state index in [0.29, 0.717) is 5.56 Å². The van der Waals surface area contributed by atoms with Crippen LogP contribution in [0.1, 0.15) is 18.5 Å². The number of methoxy groups -OCH3 is 1. The fourth-order valence-corrected chi connectivity index (χ4v) is 1.98. The van der Waals surface area contributed by atoms with Gasteiger partial charge in [-0.15, -0.1) is 0 Å². The zero-order valence-electron chi connectivity index (χ0n) is 9.00. The van der Waals surface area contributed by atoms with Gasteiger partial charge in [-0.2, -0.15) is 11.8 Å². The summed E-state index contributed by atoms with van der Waals surface area (Å²) in [6, 6.07) is 4.79. The molecule has 0 spiro atoms. The van der Waals surface area contributed by atoms with Crippen LogP contribution in [0.5, 0.6) is 5.75 Å². The molecule has 0 amide bonds. The Kier molecular flexibility index (Phi) is 4.91. The molecule has 0 radical (unpaired) electrons. The van der Waals surface area contributed by atoms with Crippen molar-refractivity contribution in [2.24, 2.45) is 5.73 Å². The summed E-state index contributed by atoms with van der Waals surface area (Å²) in [5.41, 5.74) is 6.41. The van der Waals surface area contributed by atoms with Gasteiger partial charge < -0.3 is 10.5 Å². The van der Waals surface area contributed by atoms with Gasteiger partial charge in [0.25, 0.3) is 0 Å². The summed E-state index contributed by atoms with van der Waals surface area (Å²) < 4.78 is 18.6. The molecule has 1 aromatic rings. The Hall–Kier alpha value is -0.740. The standard InChI is InChI=1S/C11H16FNOS/c1-3-15-7-9(13)8-5-4-6-10(14-2)11(8)12/h4-6,9H,3,7,13H2,1-2H3. The Morgan fingerprint density at radius 3 is 2.87 bits per heavy atom. The molecule has 0 saturated heterocycles. The third-order valence-electron chi connectivity index (χ3n) is 2.11. The molecule has 1 atom stereocenters. The lowest BCUT2D eigenvalue weighted by molar-refractivity contribution is 0.383. The second-order valence-corrected chi connectivity index (χ2v) is 4.45. The fraction of sp³-hybridized carbons (Fsp3) is 0.455. The molecular weight excluding hydrogens is 213 g/mol. The molecule has 1 aromatic carbocycles. The molecule has 0 aliphatic carbocycles. The van der Waals surface area contributed by atoms with Crippen LogP contribution >= 0.6 is 11.8 Å². The lowest BCUT2D eigenvalue weighted by Gasteiger charge is -2.13. The highest BCUT2D eigenvalue weighted by Gasteiger charge is 2.14. The normalized spacial score (nSPS) is 12.5. The summed E-state index contributed by atoms with van der Waals surface area (Å²) in [5.74, 6) is 1.62. The van der Waals surface area contributed by atoms with Gasteiger partial charge in [-0.3, -0.25) is 0 Å². The smallest absolute Gasteiger partial charge is 0.169 e. The maximum Gasteiger partial charge on any atom is 0.169 e. The maximum absolute atomic E-state index is 13.7. The van der Waals surface area contributed by atoms with E-state index >= 15 is 0 Å². The predicted octanol–water partition coefficient (Wildman–Crippen LogP) is 2.59. The minimum absolute atomic E-state index is 0.254. The first-order valence-electron chi connectivity index (χ1n) is 4.86. The average molecular weight is 229 g/mol. The molecule has 0 bridgehead atoms. The molecule has 0 aromatic heterocycles. The van der Waals surface area contributed by atoms with E-state index in [1.54, 1.807) is 30.0 Å². The summed E-state index contributed by atoms with van der Waals surface area (Å²) in [7, 11) is 1.45. The number of rotatable bonds is 5. The monoisotopic (exact) mass is 229 g/mol. The Balaban J connectivity index is 2.83. The van der Waals surface area contributed by atoms with Crippen LogP contribution in [0.25, 0.3) is 0 Å². The van der Waals surface area contributed by atoms with Crippen molar-refractivity contribution in [3.05, 3.63) is 29.6 Å². The summed E-state index contributed by atoms with van der Waals surface area (Å²) >= 11 is 1.70. The second-order valence-electron chi connectivity index (χ2n) is 3.13. The van der Waals surface area contributed by atoms with Gasteiger partial charge in [-0.05, 0) is 11.8 Å². The van der Waals surface area contributed by atoms with Crippen molar-refractivity contribution in [2.45, 2.75) is 13.0 Å². The largest absolute Gasteiger partial charge is 0.494 e. The molecule has 2 N–H and O–H groups in total. The second kappa shape index (κ2) is 5.98. The van der Waals surface area contributed by atoms with Crippen molar-refractivity contribution in [1.29, 1.82) is 0 Å². The minimum Gasteiger partial charge on any atom is -0.494 e. The van der Waals surface area contributed by atoms with E-state index in [4.69, 9.17) is 10.5 Å². The maximum atomic E-state index is 13.7. The number of hydrogen-bond donors (Lipinski definition) is 1. The Morgan fingerprint density at radius 2 is 2.27 bits per heavy atom. The lowest BCUT2D eigenvalue weighted by atomic mass is 10.1. The molecule has 15 heavy (non-hydrogen) atoms. The molecule has 2 nitrogen and oxygen atoms in total. The van der Waals surface area contributed by atoms with E-state index in [-0.39, 0.29) is 17.6 Å². The lowest BCUT2D eigenvalue weighted by Crippen LogP contribution is -2.15. The Labute approximate surface area is 94.0 Å². The number of ether oxygens (including phenoxy) is 1. The number of thioether (sulfide) groups is 1. The quantitative estimate of drug-likeness (QED) is 0.843. The van der Waals surface area contributed by atoms with Gasteiger partial charge in [0.2, 0.25) is 0 Å². The molecule has 0 fully saturated rings. The predicted molar refractivity (Wildman–Crippen MR) is 62.9 cm³/mol. The number of benzene rings is 1. The molecule has 84 valence electrons. The van der Waals surface area contributed by atoms with Crippen LogP contribution < -0.4 is 10.5 Å². The summed E-state index contributed by atoms with van der Waals surface area (Å²) in [5, 5.41) is 0. The number of hydrogen-bond acceptors (Lipinski definition) is 3. The third-order valence-corrected chi connectivity index (χ3v) is 3.12. The molecule has 1 rings (SSSR count). The van der Waals surface area contributed by atoms with E-state index in [2.05, 4.69) is 6.92 Å². The van der Waals surface area contributed by atoms with Crippen molar-refractivity contribution in [1.82, 2.24) is 0 Å². The van der Waals surface area contributed by atoms with Crippen molar-refractivity contribution in [2.75, 3.05) is 18.6 Å². The number of nitrogens with two attached hydrogens (primary N) is 1. The van der Waals surface area contributed by atoms with Crippen molar-refractivity contribution >= 4 is 11.8 Å². The van der Waals surface area contributed by atoms with E-state index < -0.39 is 0 Å². The fourth-order valence-electron chi connectivity index (χ4n) is 1.31. The summed E-state index contributed by atoms with van der Waals surface area (Å²) in [6.45, 7) is 2.05. The summed E-state index contributed by atoms with van der Waals surface area (Å²) in [4.78, 5) is 0. The minimum atomic E-state index is -0.343. The SMILES string of the molecule is CCSCC(N)c1cccc(OC)c1F. The molecule has 0 heterocycles. The molecule has 1 unspecified atom stereocenters. The van der Waals surface area contributed by atoms with Crippen molar-refractivity contribution < 1.29 is 9.13 Å². The van der Waals surface area contributed by atoms with Crippen LogP contribution in [-0.2, 0) is 0 Å². The van der Waals surface area contributed by atoms with E-state index in [1.165, 1.54) is 7.11 Å². The van der Waals surface area contributed by atoms with Gasteiger partial charge in [0.15, 0.2) is 11.6 Å². The first kappa shape index (κ1) is 12.3. The van der Waals surface area contributed by atoms with Crippen LogP contribution in [0.4, 0.5) is 4.39 Å².